The van der Waals surface area contributed by atoms with Crippen molar-refractivity contribution < 1.29 is 4.79 Å². The number of hydrogen-bond acceptors (Lipinski definition) is 1. The second-order valence-electron chi connectivity index (χ2n) is 4.63. The Labute approximate surface area is 144 Å². The second kappa shape index (κ2) is 5.77. The molecule has 0 N–H and O–H groups in total. The fraction of sp³-hybridized carbons (Fsp3) is 0.0625. The fourth-order valence-corrected chi connectivity index (χ4v) is 3.34. The van der Waals surface area contributed by atoms with Crippen molar-refractivity contribution >= 4 is 78.1 Å². The molecule has 0 aliphatic heterocycles. The summed E-state index contributed by atoms with van der Waals surface area (Å²) in [4.78, 5) is 12.1. The molecule has 3 aromatic rings. The van der Waals surface area contributed by atoms with Crippen LogP contribution in [-0.4, -0.2) is 11.1 Å². The molecule has 0 bridgehead atoms. The molecule has 0 radical (unpaired) electrons. The third kappa shape index (κ3) is 2.55. The van der Waals surface area contributed by atoms with E-state index in [2.05, 4.69) is 15.9 Å². The molecule has 3 rings (SSSR count). The standard InChI is InChI=1S/C16H8BrCl3O/c17-7-16(21)9-3-1-2-8-10(9)4-13(18)12-6-15(20)14(19)5-11(8)12/h1-6H,7H2. The van der Waals surface area contributed by atoms with Gasteiger partial charge in [0.1, 0.15) is 0 Å². The number of rotatable bonds is 2. The summed E-state index contributed by atoms with van der Waals surface area (Å²) in [6.07, 6.45) is 0. The number of carbonyl (C=O) groups is 1. The zero-order valence-electron chi connectivity index (χ0n) is 10.6. The molecular weight excluding hydrogens is 394 g/mol. The number of benzene rings is 3. The minimum atomic E-state index is 0.0103. The van der Waals surface area contributed by atoms with Crippen LogP contribution in [0.3, 0.4) is 0 Å². The van der Waals surface area contributed by atoms with Crippen LogP contribution in [0.2, 0.25) is 15.1 Å². The van der Waals surface area contributed by atoms with Gasteiger partial charge in [0.05, 0.1) is 15.4 Å². The van der Waals surface area contributed by atoms with E-state index >= 15 is 0 Å². The molecule has 0 aromatic heterocycles. The van der Waals surface area contributed by atoms with Crippen LogP contribution in [0, 0.1) is 0 Å². The molecule has 0 atom stereocenters. The Hall–Kier alpha value is -0.800. The second-order valence-corrected chi connectivity index (χ2v) is 6.41. The van der Waals surface area contributed by atoms with Gasteiger partial charge in [-0.3, -0.25) is 4.79 Å². The summed E-state index contributed by atoms with van der Waals surface area (Å²) in [7, 11) is 0. The van der Waals surface area contributed by atoms with Crippen molar-refractivity contribution in [3.63, 3.8) is 0 Å². The fourth-order valence-electron chi connectivity index (χ4n) is 2.44. The first-order valence-corrected chi connectivity index (χ1v) is 8.37. The van der Waals surface area contributed by atoms with Crippen LogP contribution in [0.25, 0.3) is 21.5 Å². The maximum absolute atomic E-state index is 12.1. The average Bonchev–Trinajstić information content (AvgIpc) is 2.48. The minimum absolute atomic E-state index is 0.0103. The van der Waals surface area contributed by atoms with Crippen molar-refractivity contribution in [1.29, 1.82) is 0 Å². The first-order chi connectivity index (χ1) is 10.0. The molecule has 3 aromatic carbocycles. The molecule has 0 fully saturated rings. The summed E-state index contributed by atoms with van der Waals surface area (Å²) < 4.78 is 0. The molecule has 1 nitrogen and oxygen atoms in total. The van der Waals surface area contributed by atoms with Crippen molar-refractivity contribution in [2.75, 3.05) is 5.33 Å². The lowest BCUT2D eigenvalue weighted by atomic mass is 9.97. The number of fused-ring (bicyclic) bond motifs is 3. The van der Waals surface area contributed by atoms with E-state index < -0.39 is 0 Å². The van der Waals surface area contributed by atoms with Crippen LogP contribution < -0.4 is 0 Å². The van der Waals surface area contributed by atoms with Crippen LogP contribution in [0.4, 0.5) is 0 Å². The van der Waals surface area contributed by atoms with Gasteiger partial charge in [-0.2, -0.15) is 0 Å². The normalized spacial score (nSPS) is 11.2. The molecule has 0 aliphatic carbocycles. The Balaban J connectivity index is 2.50. The van der Waals surface area contributed by atoms with Gasteiger partial charge < -0.3 is 0 Å². The lowest BCUT2D eigenvalue weighted by Crippen LogP contribution is -2.00. The summed E-state index contributed by atoms with van der Waals surface area (Å²) in [5.41, 5.74) is 0.638. The van der Waals surface area contributed by atoms with Crippen LogP contribution in [0.5, 0.6) is 0 Å². The van der Waals surface area contributed by atoms with Crippen molar-refractivity contribution in [2.24, 2.45) is 0 Å². The molecule has 0 saturated heterocycles. The van der Waals surface area contributed by atoms with Gasteiger partial charge in [-0.05, 0) is 34.4 Å². The van der Waals surface area contributed by atoms with Crippen LogP contribution in [-0.2, 0) is 0 Å². The van der Waals surface area contributed by atoms with E-state index in [9.17, 15) is 4.79 Å². The van der Waals surface area contributed by atoms with Gasteiger partial charge in [-0.15, -0.1) is 0 Å². The smallest absolute Gasteiger partial charge is 0.173 e. The first kappa shape index (κ1) is 15.1. The highest BCUT2D eigenvalue weighted by Crippen LogP contribution is 2.37. The number of alkyl halides is 1. The monoisotopic (exact) mass is 400 g/mol. The average molecular weight is 403 g/mol. The lowest BCUT2D eigenvalue weighted by molar-refractivity contribution is 0.102. The lowest BCUT2D eigenvalue weighted by Gasteiger charge is -2.10. The molecule has 106 valence electrons. The maximum Gasteiger partial charge on any atom is 0.173 e. The molecule has 0 amide bonds. The zero-order valence-corrected chi connectivity index (χ0v) is 14.4. The number of ketones is 1. The Kier molecular flexibility index (Phi) is 4.15. The van der Waals surface area contributed by atoms with Gasteiger partial charge in [0.2, 0.25) is 0 Å². The summed E-state index contributed by atoms with van der Waals surface area (Å²) in [5.74, 6) is 0.0103. The highest BCUT2D eigenvalue weighted by Gasteiger charge is 2.14. The first-order valence-electron chi connectivity index (χ1n) is 6.12. The Bertz CT molecular complexity index is 890. The highest BCUT2D eigenvalue weighted by atomic mass is 79.9. The molecule has 0 aliphatic rings. The van der Waals surface area contributed by atoms with Crippen LogP contribution in [0.1, 0.15) is 10.4 Å². The highest BCUT2D eigenvalue weighted by molar-refractivity contribution is 9.09. The molecule has 5 heteroatoms. The number of Topliss-reactive ketones (excluding diaryl/α,β-unsaturated/α-hetero) is 1. The van der Waals surface area contributed by atoms with Gasteiger partial charge >= 0.3 is 0 Å². The van der Waals surface area contributed by atoms with E-state index in [1.54, 1.807) is 24.3 Å². The number of carbonyl (C=O) groups excluding carboxylic acids is 1. The van der Waals surface area contributed by atoms with Crippen LogP contribution >= 0.6 is 50.7 Å². The van der Waals surface area contributed by atoms with Gasteiger partial charge in [0, 0.05) is 16.0 Å². The Morgan fingerprint density at radius 3 is 2.14 bits per heavy atom. The van der Waals surface area contributed by atoms with Gasteiger partial charge in [0.25, 0.3) is 0 Å². The predicted molar refractivity (Wildman–Crippen MR) is 94.6 cm³/mol. The largest absolute Gasteiger partial charge is 0.293 e. The molecule has 21 heavy (non-hydrogen) atoms. The SMILES string of the molecule is O=C(CBr)c1cccc2c1cc(Cl)c1cc(Cl)c(Cl)cc12. The Morgan fingerprint density at radius 2 is 1.48 bits per heavy atom. The van der Waals surface area contributed by atoms with Gasteiger partial charge in [-0.1, -0.05) is 68.9 Å². The molecule has 0 spiro atoms. The van der Waals surface area contributed by atoms with Gasteiger partial charge in [-0.25, -0.2) is 0 Å². The topological polar surface area (TPSA) is 17.1 Å². The van der Waals surface area contributed by atoms with E-state index in [-0.39, 0.29) is 11.1 Å². The summed E-state index contributed by atoms with van der Waals surface area (Å²) in [6.45, 7) is 0. The zero-order chi connectivity index (χ0) is 15.1. The quantitative estimate of drug-likeness (QED) is 0.270. The summed E-state index contributed by atoms with van der Waals surface area (Å²) >= 11 is 21.7. The van der Waals surface area contributed by atoms with Crippen molar-refractivity contribution in [3.05, 3.63) is 57.0 Å². The Morgan fingerprint density at radius 1 is 0.857 bits per heavy atom. The predicted octanol–water partition coefficient (Wildman–Crippen LogP) is 6.53. The summed E-state index contributed by atoms with van der Waals surface area (Å²) in [5, 5.41) is 5.19. The number of hydrogen-bond donors (Lipinski definition) is 0. The van der Waals surface area contributed by atoms with E-state index in [1.807, 2.05) is 12.1 Å². The van der Waals surface area contributed by atoms with Gasteiger partial charge in [0.15, 0.2) is 5.78 Å². The van der Waals surface area contributed by atoms with Crippen molar-refractivity contribution in [2.45, 2.75) is 0 Å². The third-order valence-electron chi connectivity index (χ3n) is 3.41. The van der Waals surface area contributed by atoms with E-state index in [0.29, 0.717) is 20.6 Å². The van der Waals surface area contributed by atoms with E-state index in [0.717, 1.165) is 21.5 Å². The van der Waals surface area contributed by atoms with Crippen LogP contribution in [0.15, 0.2) is 36.4 Å². The van der Waals surface area contributed by atoms with Crippen molar-refractivity contribution in [1.82, 2.24) is 0 Å². The van der Waals surface area contributed by atoms with Crippen molar-refractivity contribution in [3.8, 4) is 0 Å². The molecule has 0 saturated carbocycles. The maximum atomic E-state index is 12.1. The van der Waals surface area contributed by atoms with E-state index in [4.69, 9.17) is 34.8 Å². The number of halogens is 4. The molecule has 0 heterocycles. The minimum Gasteiger partial charge on any atom is -0.293 e. The molecule has 0 unspecified atom stereocenters. The molecular formula is C16H8BrCl3O. The third-order valence-corrected chi connectivity index (χ3v) is 4.95. The van der Waals surface area contributed by atoms with E-state index in [1.165, 1.54) is 0 Å². The summed E-state index contributed by atoms with van der Waals surface area (Å²) in [6, 6.07) is 10.9.